The van der Waals surface area contributed by atoms with Crippen molar-refractivity contribution >= 4 is 28.8 Å². The van der Waals surface area contributed by atoms with E-state index in [4.69, 9.17) is 12.2 Å². The molecule has 0 unspecified atom stereocenters. The summed E-state index contributed by atoms with van der Waals surface area (Å²) in [5, 5.41) is 6.47. The summed E-state index contributed by atoms with van der Waals surface area (Å²) in [5.74, 6) is 0.621. The highest BCUT2D eigenvalue weighted by atomic mass is 32.1. The van der Waals surface area contributed by atoms with E-state index in [0.717, 1.165) is 5.69 Å². The largest absolute Gasteiger partial charge is 0.332 e. The average molecular weight is 230 g/mol. The van der Waals surface area contributed by atoms with Gasteiger partial charge >= 0.3 is 0 Å². The van der Waals surface area contributed by atoms with E-state index in [2.05, 4.69) is 20.6 Å². The fraction of sp³-hybridized carbons (Fsp3) is 0. The van der Waals surface area contributed by atoms with Crippen molar-refractivity contribution < 1.29 is 0 Å². The number of anilines is 2. The molecule has 0 saturated heterocycles. The number of nitrogens with zero attached hydrogens (tertiary/aromatic N) is 2. The normalized spacial score (nSPS) is 9.50. The second-order valence-corrected chi connectivity index (χ2v) is 3.44. The minimum absolute atomic E-state index is 0.492. The maximum Gasteiger partial charge on any atom is 0.176 e. The molecule has 0 saturated carbocycles. The van der Waals surface area contributed by atoms with Crippen LogP contribution in [0.15, 0.2) is 48.9 Å². The first-order valence-corrected chi connectivity index (χ1v) is 5.14. The molecule has 5 heteroatoms. The molecule has 0 amide bonds. The molecule has 0 aliphatic heterocycles. The molecule has 2 N–H and O–H groups in total. The van der Waals surface area contributed by atoms with Crippen molar-refractivity contribution in [2.75, 3.05) is 10.6 Å². The van der Waals surface area contributed by atoms with E-state index in [1.54, 1.807) is 18.6 Å². The Hall–Kier alpha value is -2.01. The van der Waals surface area contributed by atoms with Crippen LogP contribution < -0.4 is 10.6 Å². The molecule has 1 heterocycles. The predicted molar refractivity (Wildman–Crippen MR) is 68.3 cm³/mol. The Kier molecular flexibility index (Phi) is 3.40. The molecule has 4 nitrogen and oxygen atoms in total. The minimum atomic E-state index is 0.492. The molecule has 1 aromatic heterocycles. The van der Waals surface area contributed by atoms with Gasteiger partial charge in [0.25, 0.3) is 0 Å². The first-order valence-electron chi connectivity index (χ1n) is 4.74. The van der Waals surface area contributed by atoms with Gasteiger partial charge in [-0.3, -0.25) is 4.98 Å². The van der Waals surface area contributed by atoms with Crippen molar-refractivity contribution in [2.24, 2.45) is 0 Å². The van der Waals surface area contributed by atoms with E-state index >= 15 is 0 Å². The fourth-order valence-corrected chi connectivity index (χ4v) is 1.39. The molecule has 0 spiro atoms. The van der Waals surface area contributed by atoms with Gasteiger partial charge in [0, 0.05) is 18.1 Å². The van der Waals surface area contributed by atoms with Gasteiger partial charge in [-0.2, -0.15) is 0 Å². The van der Waals surface area contributed by atoms with Crippen LogP contribution in [-0.2, 0) is 0 Å². The molecular formula is C11H10N4S. The monoisotopic (exact) mass is 230 g/mol. The average Bonchev–Trinajstić information content (AvgIpc) is 2.31. The van der Waals surface area contributed by atoms with E-state index in [9.17, 15) is 0 Å². The molecule has 0 radical (unpaired) electrons. The second-order valence-electron chi connectivity index (χ2n) is 3.04. The van der Waals surface area contributed by atoms with E-state index in [1.807, 2.05) is 30.3 Å². The molecule has 1 aromatic carbocycles. The summed E-state index contributed by atoms with van der Waals surface area (Å²) in [7, 11) is 0. The number of thiocarbonyl (C=S) groups is 1. The number of hydrogen-bond donors (Lipinski definition) is 2. The summed E-state index contributed by atoms with van der Waals surface area (Å²) in [6, 6.07) is 9.69. The van der Waals surface area contributed by atoms with Gasteiger partial charge in [-0.15, -0.1) is 0 Å². The van der Waals surface area contributed by atoms with Crippen LogP contribution in [0.5, 0.6) is 0 Å². The van der Waals surface area contributed by atoms with Crippen molar-refractivity contribution in [3.8, 4) is 0 Å². The van der Waals surface area contributed by atoms with Crippen LogP contribution >= 0.6 is 12.2 Å². The number of aromatic nitrogens is 2. The molecule has 0 aliphatic rings. The number of benzene rings is 1. The van der Waals surface area contributed by atoms with Gasteiger partial charge in [-0.1, -0.05) is 18.2 Å². The van der Waals surface area contributed by atoms with Crippen molar-refractivity contribution in [3.63, 3.8) is 0 Å². The molecule has 0 bridgehead atoms. The highest BCUT2D eigenvalue weighted by Crippen LogP contribution is 2.06. The summed E-state index contributed by atoms with van der Waals surface area (Å²) in [5.41, 5.74) is 0.934. The summed E-state index contributed by atoms with van der Waals surface area (Å²) in [6.45, 7) is 0. The second kappa shape index (κ2) is 5.18. The van der Waals surface area contributed by atoms with Crippen molar-refractivity contribution in [1.82, 2.24) is 9.97 Å². The van der Waals surface area contributed by atoms with E-state index in [0.29, 0.717) is 10.9 Å². The van der Waals surface area contributed by atoms with Crippen LogP contribution in [0.4, 0.5) is 11.5 Å². The van der Waals surface area contributed by atoms with E-state index < -0.39 is 0 Å². The van der Waals surface area contributed by atoms with Crippen LogP contribution in [0.1, 0.15) is 0 Å². The topological polar surface area (TPSA) is 49.8 Å². The number of hydrogen-bond acceptors (Lipinski definition) is 3. The van der Waals surface area contributed by atoms with Crippen LogP contribution in [-0.4, -0.2) is 15.1 Å². The fourth-order valence-electron chi connectivity index (χ4n) is 1.16. The summed E-state index contributed by atoms with van der Waals surface area (Å²) in [6.07, 6.45) is 4.82. The van der Waals surface area contributed by atoms with Gasteiger partial charge in [0.05, 0.1) is 6.20 Å². The van der Waals surface area contributed by atoms with E-state index in [1.165, 1.54) is 0 Å². The van der Waals surface area contributed by atoms with Crippen molar-refractivity contribution in [1.29, 1.82) is 0 Å². The predicted octanol–water partition coefficient (Wildman–Crippen LogP) is 2.29. The highest BCUT2D eigenvalue weighted by Gasteiger charge is 1.98. The lowest BCUT2D eigenvalue weighted by Crippen LogP contribution is -2.19. The van der Waals surface area contributed by atoms with Gasteiger partial charge in [0.1, 0.15) is 0 Å². The molecule has 0 atom stereocenters. The first kappa shape index (κ1) is 10.5. The zero-order chi connectivity index (χ0) is 11.2. The molecule has 0 fully saturated rings. The Bertz CT molecular complexity index is 414. The molecule has 80 valence electrons. The van der Waals surface area contributed by atoms with Gasteiger partial charge in [-0.25, -0.2) is 4.98 Å². The Morgan fingerprint density at radius 3 is 2.56 bits per heavy atom. The number of rotatable bonds is 2. The Labute approximate surface area is 98.8 Å². The van der Waals surface area contributed by atoms with E-state index in [-0.39, 0.29) is 0 Å². The van der Waals surface area contributed by atoms with Gasteiger partial charge in [0.15, 0.2) is 10.9 Å². The maximum atomic E-state index is 5.13. The Morgan fingerprint density at radius 2 is 1.88 bits per heavy atom. The lowest BCUT2D eigenvalue weighted by atomic mass is 10.3. The minimum Gasteiger partial charge on any atom is -0.332 e. The zero-order valence-electron chi connectivity index (χ0n) is 8.42. The molecule has 16 heavy (non-hydrogen) atoms. The standard InChI is InChI=1S/C11H10N4S/c16-11(14-9-4-2-1-3-5-9)15-10-8-12-6-7-13-10/h1-8H,(H2,13,14,15,16). The van der Waals surface area contributed by atoms with Crippen LogP contribution in [0.25, 0.3) is 0 Å². The first-order chi connectivity index (χ1) is 7.84. The molecule has 2 rings (SSSR count). The van der Waals surface area contributed by atoms with Crippen LogP contribution in [0, 0.1) is 0 Å². The summed E-state index contributed by atoms with van der Waals surface area (Å²) in [4.78, 5) is 7.99. The number of para-hydroxylation sites is 1. The zero-order valence-corrected chi connectivity index (χ0v) is 9.24. The summed E-state index contributed by atoms with van der Waals surface area (Å²) < 4.78 is 0. The molecule has 0 aliphatic carbocycles. The van der Waals surface area contributed by atoms with Crippen LogP contribution in [0.2, 0.25) is 0 Å². The van der Waals surface area contributed by atoms with Crippen molar-refractivity contribution in [3.05, 3.63) is 48.9 Å². The lowest BCUT2D eigenvalue weighted by molar-refractivity contribution is 1.21. The Morgan fingerprint density at radius 1 is 1.06 bits per heavy atom. The van der Waals surface area contributed by atoms with Gasteiger partial charge in [-0.05, 0) is 24.4 Å². The third-order valence-corrected chi connectivity index (χ3v) is 2.04. The van der Waals surface area contributed by atoms with Crippen LogP contribution in [0.3, 0.4) is 0 Å². The number of nitrogens with one attached hydrogen (secondary N) is 2. The molecule has 2 aromatic rings. The van der Waals surface area contributed by atoms with Crippen molar-refractivity contribution in [2.45, 2.75) is 0 Å². The van der Waals surface area contributed by atoms with Gasteiger partial charge in [0.2, 0.25) is 0 Å². The maximum absolute atomic E-state index is 5.13. The quantitative estimate of drug-likeness (QED) is 0.775. The third-order valence-electron chi connectivity index (χ3n) is 1.84. The smallest absolute Gasteiger partial charge is 0.176 e. The molecular weight excluding hydrogens is 220 g/mol. The highest BCUT2D eigenvalue weighted by molar-refractivity contribution is 7.80. The Balaban J connectivity index is 1.95. The summed E-state index contributed by atoms with van der Waals surface area (Å²) >= 11 is 5.13. The lowest BCUT2D eigenvalue weighted by Gasteiger charge is -2.08. The SMILES string of the molecule is S=C(Nc1ccccc1)Nc1cnccn1. The third kappa shape index (κ3) is 2.99. The van der Waals surface area contributed by atoms with Gasteiger partial charge < -0.3 is 10.6 Å².